The number of thioether (sulfide) groups is 1. The summed E-state index contributed by atoms with van der Waals surface area (Å²) in [6, 6.07) is 30.6. The third-order valence-electron chi connectivity index (χ3n) is 6.56. The Hall–Kier alpha value is -3.35. The molecule has 0 saturated heterocycles. The molecule has 1 heterocycles. The van der Waals surface area contributed by atoms with Gasteiger partial charge in [-0.05, 0) is 48.1 Å². The van der Waals surface area contributed by atoms with Gasteiger partial charge < -0.3 is 9.80 Å². The lowest BCUT2D eigenvalue weighted by Crippen LogP contribution is -2.32. The largest absolute Gasteiger partial charge is 0.352 e. The smallest absolute Gasteiger partial charge is 0.253 e. The molecule has 0 aliphatic carbocycles. The summed E-state index contributed by atoms with van der Waals surface area (Å²) in [5.74, 6) is 1.60. The highest BCUT2D eigenvalue weighted by atomic mass is 35.5. The average Bonchev–Trinajstić information content (AvgIpc) is 2.99. The van der Waals surface area contributed by atoms with Gasteiger partial charge in [-0.15, -0.1) is 0 Å². The molecule has 0 aliphatic heterocycles. The second-order valence-corrected chi connectivity index (χ2v) is 11.1. The Labute approximate surface area is 247 Å². The van der Waals surface area contributed by atoms with E-state index in [-0.39, 0.29) is 5.91 Å². The van der Waals surface area contributed by atoms with E-state index in [9.17, 15) is 4.79 Å². The minimum absolute atomic E-state index is 0.0970. The number of benzene rings is 3. The van der Waals surface area contributed by atoms with Crippen LogP contribution in [0.15, 0.2) is 96.2 Å². The van der Waals surface area contributed by atoms with Crippen molar-refractivity contribution in [1.82, 2.24) is 14.9 Å². The fourth-order valence-corrected chi connectivity index (χ4v) is 5.56. The van der Waals surface area contributed by atoms with Crippen LogP contribution in [0.5, 0.6) is 0 Å². The lowest BCUT2D eigenvalue weighted by atomic mass is 10.1. The predicted octanol–water partition coefficient (Wildman–Crippen LogP) is 7.93. The molecule has 0 N–H and O–H groups in total. The monoisotopic (exact) mass is 572 g/mol. The van der Waals surface area contributed by atoms with Gasteiger partial charge in [-0.2, -0.15) is 0 Å². The standard InChI is InChI=1S/C33H37ClN4OS/c1-3-20-37(21-4-2)32(39)29-17-15-28(16-18-29)25-40-33-35-30(34)23-31(36-33)38(24-27-13-9-6-10-14-27)22-19-26-11-7-5-8-12-26/h5-18,23H,3-4,19-22,24-25H2,1-2H3. The maximum Gasteiger partial charge on any atom is 0.253 e. The number of anilines is 1. The van der Waals surface area contributed by atoms with Gasteiger partial charge >= 0.3 is 0 Å². The molecule has 3 aromatic carbocycles. The highest BCUT2D eigenvalue weighted by molar-refractivity contribution is 7.98. The minimum atomic E-state index is 0.0970. The quantitative estimate of drug-likeness (QED) is 0.0872. The highest BCUT2D eigenvalue weighted by Crippen LogP contribution is 2.26. The summed E-state index contributed by atoms with van der Waals surface area (Å²) in [6.07, 6.45) is 2.81. The Morgan fingerprint density at radius 1 is 0.775 bits per heavy atom. The second kappa shape index (κ2) is 15.4. The van der Waals surface area contributed by atoms with Gasteiger partial charge in [0, 0.05) is 43.6 Å². The predicted molar refractivity (Wildman–Crippen MR) is 167 cm³/mol. The number of hydrogen-bond acceptors (Lipinski definition) is 5. The number of rotatable bonds is 14. The van der Waals surface area contributed by atoms with E-state index < -0.39 is 0 Å². The van der Waals surface area contributed by atoms with E-state index in [4.69, 9.17) is 16.6 Å². The molecular weight excluding hydrogens is 536 g/mol. The van der Waals surface area contributed by atoms with E-state index in [0.717, 1.165) is 62.4 Å². The van der Waals surface area contributed by atoms with Crippen molar-refractivity contribution in [2.24, 2.45) is 0 Å². The van der Waals surface area contributed by atoms with E-state index in [0.29, 0.717) is 16.1 Å². The van der Waals surface area contributed by atoms with Crippen molar-refractivity contribution in [3.8, 4) is 0 Å². The van der Waals surface area contributed by atoms with Crippen LogP contribution < -0.4 is 4.90 Å². The molecule has 0 saturated carbocycles. The molecule has 208 valence electrons. The first-order chi connectivity index (χ1) is 19.6. The molecule has 0 radical (unpaired) electrons. The van der Waals surface area contributed by atoms with Crippen LogP contribution in [-0.4, -0.2) is 40.4 Å². The molecule has 0 fully saturated rings. The molecule has 4 rings (SSSR count). The SMILES string of the molecule is CCCN(CCC)C(=O)c1ccc(CSc2nc(Cl)cc(N(CCc3ccccc3)Cc3ccccc3)n2)cc1. The minimum Gasteiger partial charge on any atom is -0.352 e. The molecule has 0 aliphatic rings. The van der Waals surface area contributed by atoms with Crippen LogP contribution in [-0.2, 0) is 18.7 Å². The van der Waals surface area contributed by atoms with E-state index in [1.807, 2.05) is 47.4 Å². The molecule has 40 heavy (non-hydrogen) atoms. The molecule has 0 bridgehead atoms. The van der Waals surface area contributed by atoms with Gasteiger partial charge in [0.05, 0.1) is 0 Å². The number of carbonyl (C=O) groups is 1. The van der Waals surface area contributed by atoms with E-state index in [2.05, 4.69) is 72.3 Å². The number of carbonyl (C=O) groups excluding carboxylic acids is 1. The molecule has 0 unspecified atom stereocenters. The van der Waals surface area contributed by atoms with Gasteiger partial charge in [0.15, 0.2) is 5.16 Å². The third kappa shape index (κ3) is 8.83. The Morgan fingerprint density at radius 3 is 2.02 bits per heavy atom. The topological polar surface area (TPSA) is 49.3 Å². The van der Waals surface area contributed by atoms with Crippen LogP contribution in [0.4, 0.5) is 5.82 Å². The highest BCUT2D eigenvalue weighted by Gasteiger charge is 2.15. The molecular formula is C33H37ClN4OS. The summed E-state index contributed by atoms with van der Waals surface area (Å²) in [5.41, 5.74) is 4.33. The van der Waals surface area contributed by atoms with E-state index in [1.54, 1.807) is 11.8 Å². The van der Waals surface area contributed by atoms with Gasteiger partial charge in [0.25, 0.3) is 5.91 Å². The fraction of sp³-hybridized carbons (Fsp3) is 0.303. The third-order valence-corrected chi connectivity index (χ3v) is 7.67. The summed E-state index contributed by atoms with van der Waals surface area (Å²) in [6.45, 7) is 7.30. The van der Waals surface area contributed by atoms with Crippen molar-refractivity contribution < 1.29 is 4.79 Å². The van der Waals surface area contributed by atoms with Crippen molar-refractivity contribution in [2.45, 2.75) is 50.6 Å². The maximum absolute atomic E-state index is 12.9. The lowest BCUT2D eigenvalue weighted by molar-refractivity contribution is 0.0755. The summed E-state index contributed by atoms with van der Waals surface area (Å²) >= 11 is 8.05. The maximum atomic E-state index is 12.9. The van der Waals surface area contributed by atoms with Gasteiger partial charge in [0.1, 0.15) is 11.0 Å². The molecule has 1 amide bonds. The first-order valence-electron chi connectivity index (χ1n) is 13.9. The normalized spacial score (nSPS) is 10.9. The summed E-state index contributed by atoms with van der Waals surface area (Å²) in [4.78, 5) is 26.5. The molecule has 4 aromatic rings. The molecule has 5 nitrogen and oxygen atoms in total. The molecule has 7 heteroatoms. The average molecular weight is 573 g/mol. The second-order valence-electron chi connectivity index (χ2n) is 9.75. The van der Waals surface area contributed by atoms with E-state index >= 15 is 0 Å². The molecule has 0 spiro atoms. The number of hydrogen-bond donors (Lipinski definition) is 0. The Kier molecular flexibility index (Phi) is 11.4. The van der Waals surface area contributed by atoms with Crippen molar-refractivity contribution >= 4 is 35.1 Å². The van der Waals surface area contributed by atoms with E-state index in [1.165, 1.54) is 11.1 Å². The van der Waals surface area contributed by atoms with Crippen LogP contribution in [0.25, 0.3) is 0 Å². The number of nitrogens with zero attached hydrogens (tertiary/aromatic N) is 4. The zero-order chi connectivity index (χ0) is 28.2. The Morgan fingerprint density at radius 2 is 1.40 bits per heavy atom. The number of amides is 1. The van der Waals surface area contributed by atoms with Crippen LogP contribution in [0.2, 0.25) is 5.15 Å². The first-order valence-corrected chi connectivity index (χ1v) is 15.3. The molecule has 1 aromatic heterocycles. The van der Waals surface area contributed by atoms with Crippen molar-refractivity contribution in [1.29, 1.82) is 0 Å². The lowest BCUT2D eigenvalue weighted by Gasteiger charge is -2.24. The van der Waals surface area contributed by atoms with Gasteiger partial charge in [0.2, 0.25) is 0 Å². The Balaban J connectivity index is 1.46. The summed E-state index contributed by atoms with van der Waals surface area (Å²) in [7, 11) is 0. The van der Waals surface area contributed by atoms with Crippen LogP contribution in [0.3, 0.4) is 0 Å². The van der Waals surface area contributed by atoms with Gasteiger partial charge in [-0.25, -0.2) is 9.97 Å². The van der Waals surface area contributed by atoms with Crippen molar-refractivity contribution in [3.63, 3.8) is 0 Å². The first kappa shape index (κ1) is 29.6. The zero-order valence-corrected chi connectivity index (χ0v) is 24.9. The summed E-state index contributed by atoms with van der Waals surface area (Å²) < 4.78 is 0. The zero-order valence-electron chi connectivity index (χ0n) is 23.3. The Bertz CT molecular complexity index is 1330. The summed E-state index contributed by atoms with van der Waals surface area (Å²) in [5, 5.41) is 1.07. The van der Waals surface area contributed by atoms with Gasteiger partial charge in [-0.3, -0.25) is 4.79 Å². The van der Waals surface area contributed by atoms with Crippen LogP contribution in [0, 0.1) is 0 Å². The van der Waals surface area contributed by atoms with Crippen molar-refractivity contribution in [2.75, 3.05) is 24.5 Å². The fourth-order valence-electron chi connectivity index (χ4n) is 4.53. The number of halogens is 1. The van der Waals surface area contributed by atoms with Gasteiger partial charge in [-0.1, -0.05) is 110 Å². The number of aromatic nitrogens is 2. The van der Waals surface area contributed by atoms with Crippen LogP contribution in [0.1, 0.15) is 53.7 Å². The van der Waals surface area contributed by atoms with Crippen molar-refractivity contribution in [3.05, 3.63) is 118 Å². The molecule has 0 atom stereocenters. The van der Waals surface area contributed by atoms with Crippen LogP contribution >= 0.6 is 23.4 Å².